The molecule has 10 atom stereocenters. The van der Waals surface area contributed by atoms with Gasteiger partial charge in [-0.05, 0) is 97.2 Å². The maximum atomic E-state index is 12.8. The van der Waals surface area contributed by atoms with Gasteiger partial charge in [0.1, 0.15) is 0 Å². The van der Waals surface area contributed by atoms with Gasteiger partial charge in [-0.1, -0.05) is 53.2 Å². The van der Waals surface area contributed by atoms with Crippen LogP contribution in [0.3, 0.4) is 0 Å². The Labute approximate surface area is 211 Å². The molecular formula is C30H48O5. The van der Waals surface area contributed by atoms with Gasteiger partial charge in [0.15, 0.2) is 0 Å². The molecule has 0 aromatic rings. The summed E-state index contributed by atoms with van der Waals surface area (Å²) in [6.07, 6.45) is 8.40. The van der Waals surface area contributed by atoms with Crippen molar-refractivity contribution in [3.63, 3.8) is 0 Å². The first-order chi connectivity index (χ1) is 16.1. The van der Waals surface area contributed by atoms with Crippen LogP contribution >= 0.6 is 0 Å². The highest BCUT2D eigenvalue weighted by molar-refractivity contribution is 5.76. The number of allylic oxidation sites excluding steroid dienone is 2. The fraction of sp³-hybridized carbons (Fsp3) is 0.900. The molecule has 5 aliphatic carbocycles. The van der Waals surface area contributed by atoms with Crippen molar-refractivity contribution in [3.05, 3.63) is 11.6 Å². The Balaban J connectivity index is 1.61. The van der Waals surface area contributed by atoms with Crippen molar-refractivity contribution < 1.29 is 25.2 Å². The van der Waals surface area contributed by atoms with Gasteiger partial charge in [0.2, 0.25) is 0 Å². The van der Waals surface area contributed by atoms with Gasteiger partial charge in [-0.3, -0.25) is 4.79 Å². The number of aliphatic hydroxyl groups is 3. The number of aliphatic carboxylic acids is 1. The second kappa shape index (κ2) is 7.57. The van der Waals surface area contributed by atoms with Gasteiger partial charge in [-0.25, -0.2) is 0 Å². The third-order valence-electron chi connectivity index (χ3n) is 13.2. The molecule has 0 heterocycles. The van der Waals surface area contributed by atoms with Crippen molar-refractivity contribution >= 4 is 5.97 Å². The smallest absolute Gasteiger partial charge is 0.310 e. The lowest BCUT2D eigenvalue weighted by atomic mass is 9.33. The molecule has 0 bridgehead atoms. The first-order valence-electron chi connectivity index (χ1n) is 14.0. The van der Waals surface area contributed by atoms with Crippen molar-refractivity contribution in [2.75, 3.05) is 6.61 Å². The van der Waals surface area contributed by atoms with Crippen molar-refractivity contribution in [2.45, 2.75) is 112 Å². The number of hydrogen-bond acceptors (Lipinski definition) is 4. The Morgan fingerprint density at radius 1 is 0.943 bits per heavy atom. The number of aliphatic hydroxyl groups excluding tert-OH is 3. The Morgan fingerprint density at radius 2 is 1.60 bits per heavy atom. The van der Waals surface area contributed by atoms with Gasteiger partial charge in [-0.2, -0.15) is 0 Å². The van der Waals surface area contributed by atoms with Crippen LogP contribution in [0.25, 0.3) is 0 Å². The number of fused-ring (bicyclic) bond motifs is 7. The topological polar surface area (TPSA) is 98.0 Å². The molecule has 0 spiro atoms. The molecule has 35 heavy (non-hydrogen) atoms. The maximum Gasteiger partial charge on any atom is 0.310 e. The Bertz CT molecular complexity index is 941. The van der Waals surface area contributed by atoms with Crippen LogP contribution in [-0.4, -0.2) is 45.2 Å². The van der Waals surface area contributed by atoms with Crippen LogP contribution in [0.4, 0.5) is 0 Å². The second-order valence-corrected chi connectivity index (χ2v) is 15.1. The minimum atomic E-state index is -0.907. The van der Waals surface area contributed by atoms with E-state index in [0.717, 1.165) is 51.4 Å². The normalized spacial score (nSPS) is 55.0. The van der Waals surface area contributed by atoms with Gasteiger partial charge in [-0.15, -0.1) is 0 Å². The summed E-state index contributed by atoms with van der Waals surface area (Å²) in [6.45, 7) is 13.6. The summed E-state index contributed by atoms with van der Waals surface area (Å²) in [5.74, 6) is -0.0472. The van der Waals surface area contributed by atoms with E-state index in [1.165, 1.54) is 5.57 Å². The number of carboxylic acids is 1. The first-order valence-corrected chi connectivity index (χ1v) is 14.0. The number of carboxylic acid groups (broad SMARTS) is 1. The molecule has 198 valence electrons. The van der Waals surface area contributed by atoms with E-state index < -0.39 is 29.0 Å². The maximum absolute atomic E-state index is 12.8. The van der Waals surface area contributed by atoms with Crippen LogP contribution in [0, 0.1) is 50.2 Å². The lowest BCUT2D eigenvalue weighted by molar-refractivity contribution is -0.243. The average molecular weight is 489 g/mol. The summed E-state index contributed by atoms with van der Waals surface area (Å²) < 4.78 is 0. The third kappa shape index (κ3) is 3.07. The van der Waals surface area contributed by atoms with Crippen molar-refractivity contribution in [1.29, 1.82) is 0 Å². The SMILES string of the molecule is CC1(C)CC[C@]2(C(=O)O)CC[C@]3(C)C(=CC[C@@H]4[C@@]5(C)C[C@@H](O)[C@@H](O)[C@](C)(CO)[C@@H]5CC[C@]43C)[C@@H]2C1. The predicted octanol–water partition coefficient (Wildman–Crippen LogP) is 5.18. The molecule has 0 aromatic heterocycles. The van der Waals surface area contributed by atoms with Crippen LogP contribution in [0.1, 0.15) is 99.3 Å². The Kier molecular flexibility index (Phi) is 5.56. The highest BCUT2D eigenvalue weighted by Crippen LogP contribution is 2.75. The molecule has 0 unspecified atom stereocenters. The second-order valence-electron chi connectivity index (χ2n) is 15.1. The molecule has 0 aliphatic heterocycles. The summed E-state index contributed by atoms with van der Waals surface area (Å²) in [4.78, 5) is 12.8. The zero-order valence-electron chi connectivity index (χ0n) is 22.7. The van der Waals surface area contributed by atoms with E-state index in [9.17, 15) is 25.2 Å². The fourth-order valence-electron chi connectivity index (χ4n) is 10.8. The van der Waals surface area contributed by atoms with Crippen molar-refractivity contribution in [3.8, 4) is 0 Å². The average Bonchev–Trinajstić information content (AvgIpc) is 2.77. The minimum Gasteiger partial charge on any atom is -0.481 e. The van der Waals surface area contributed by atoms with Crippen molar-refractivity contribution in [1.82, 2.24) is 0 Å². The van der Waals surface area contributed by atoms with Crippen LogP contribution in [0.2, 0.25) is 0 Å². The van der Waals surface area contributed by atoms with Gasteiger partial charge < -0.3 is 20.4 Å². The fourth-order valence-corrected chi connectivity index (χ4v) is 10.8. The number of hydrogen-bond donors (Lipinski definition) is 4. The van der Waals surface area contributed by atoms with E-state index in [2.05, 4.69) is 40.7 Å². The van der Waals surface area contributed by atoms with E-state index in [4.69, 9.17) is 0 Å². The molecule has 4 saturated carbocycles. The van der Waals surface area contributed by atoms with E-state index in [1.807, 2.05) is 6.92 Å². The van der Waals surface area contributed by atoms with Gasteiger partial charge in [0.25, 0.3) is 0 Å². The van der Waals surface area contributed by atoms with Gasteiger partial charge >= 0.3 is 5.97 Å². The number of carbonyl (C=O) groups is 1. The monoisotopic (exact) mass is 488 g/mol. The molecule has 0 amide bonds. The Morgan fingerprint density at radius 3 is 2.23 bits per heavy atom. The summed E-state index contributed by atoms with van der Waals surface area (Å²) in [7, 11) is 0. The Hall–Kier alpha value is -0.910. The van der Waals surface area contributed by atoms with Crippen LogP contribution in [0.15, 0.2) is 11.6 Å². The molecule has 4 fully saturated rings. The minimum absolute atomic E-state index is 0.00698. The van der Waals surface area contributed by atoms with E-state index in [-0.39, 0.29) is 40.1 Å². The lowest BCUT2D eigenvalue weighted by Crippen LogP contribution is -2.68. The van der Waals surface area contributed by atoms with Crippen molar-refractivity contribution in [2.24, 2.45) is 50.2 Å². The van der Waals surface area contributed by atoms with E-state index in [1.54, 1.807) is 0 Å². The quantitative estimate of drug-likeness (QED) is 0.402. The standard InChI is InChI=1S/C30H48O5/c1-25(2)11-13-30(24(34)35)14-12-28(5)18(19(30)15-25)7-8-22-26(3)16-20(32)23(33)27(4,17-31)21(26)9-10-29(22,28)6/h7,19-23,31-33H,8-17H2,1-6H3,(H,34,35)/t19-,20+,21+,22+,23+,26-,27+,28+,29+,30-/m0/s1. The predicted molar refractivity (Wildman–Crippen MR) is 135 cm³/mol. The van der Waals surface area contributed by atoms with Gasteiger partial charge in [0, 0.05) is 5.41 Å². The largest absolute Gasteiger partial charge is 0.481 e. The van der Waals surface area contributed by atoms with E-state index in [0.29, 0.717) is 12.3 Å². The highest BCUT2D eigenvalue weighted by Gasteiger charge is 2.70. The summed E-state index contributed by atoms with van der Waals surface area (Å²) in [5, 5.41) is 42.8. The van der Waals surface area contributed by atoms with Gasteiger partial charge in [0.05, 0.1) is 24.2 Å². The molecule has 5 rings (SSSR count). The molecule has 5 nitrogen and oxygen atoms in total. The lowest BCUT2D eigenvalue weighted by Gasteiger charge is -2.71. The van der Waals surface area contributed by atoms with Crippen LogP contribution in [0.5, 0.6) is 0 Å². The number of rotatable bonds is 2. The molecule has 5 aliphatic rings. The summed E-state index contributed by atoms with van der Waals surface area (Å²) >= 11 is 0. The molecular weight excluding hydrogens is 440 g/mol. The third-order valence-corrected chi connectivity index (χ3v) is 13.2. The van der Waals surface area contributed by atoms with Crippen LogP contribution < -0.4 is 0 Å². The highest BCUT2D eigenvalue weighted by atomic mass is 16.4. The zero-order valence-corrected chi connectivity index (χ0v) is 22.7. The summed E-state index contributed by atoms with van der Waals surface area (Å²) in [5.41, 5.74) is -0.0632. The zero-order chi connectivity index (χ0) is 25.8. The van der Waals surface area contributed by atoms with Crippen LogP contribution in [-0.2, 0) is 4.79 Å². The molecule has 0 saturated heterocycles. The molecule has 0 radical (unpaired) electrons. The first kappa shape index (κ1) is 25.7. The molecule has 4 N–H and O–H groups in total. The molecule has 0 aromatic carbocycles. The summed E-state index contributed by atoms with van der Waals surface area (Å²) in [6, 6.07) is 0. The molecule has 5 heteroatoms. The van der Waals surface area contributed by atoms with E-state index >= 15 is 0 Å².